The molecule has 2 aromatic heterocycles. The molecule has 0 unspecified atom stereocenters. The standard InChI is InChI=1S/C26H27N5O2S/c1-4-26(3)15-17-11-9-10-14-19(17)22-21(26)23(33)31-24(28-22)30(29-25(31)34-5-2)16-20(32)27-18-12-7-6-8-13-18/h6-14H,4-5,15-16H2,1-3H3,(H,27,32)/t26-/m1/s1. The number of rotatable bonds is 6. The molecule has 0 saturated carbocycles. The van der Waals surface area contributed by atoms with Crippen molar-refractivity contribution in [2.24, 2.45) is 0 Å². The molecule has 5 rings (SSSR count). The number of benzene rings is 2. The van der Waals surface area contributed by atoms with Crippen LogP contribution < -0.4 is 10.9 Å². The summed E-state index contributed by atoms with van der Waals surface area (Å²) in [5.74, 6) is 0.910. The Morgan fingerprint density at radius 1 is 1.12 bits per heavy atom. The molecule has 2 heterocycles. The van der Waals surface area contributed by atoms with E-state index in [0.29, 0.717) is 22.3 Å². The van der Waals surface area contributed by atoms with E-state index in [1.54, 1.807) is 9.08 Å². The van der Waals surface area contributed by atoms with Crippen LogP contribution in [0.4, 0.5) is 5.69 Å². The molecule has 1 atom stereocenters. The summed E-state index contributed by atoms with van der Waals surface area (Å²) in [6.07, 6.45) is 1.61. The number of amides is 1. The van der Waals surface area contributed by atoms with Crippen molar-refractivity contribution in [1.29, 1.82) is 0 Å². The van der Waals surface area contributed by atoms with Crippen molar-refractivity contribution in [3.05, 3.63) is 76.1 Å². The van der Waals surface area contributed by atoms with Crippen molar-refractivity contribution < 1.29 is 4.79 Å². The number of anilines is 1. The van der Waals surface area contributed by atoms with Crippen LogP contribution in [0.5, 0.6) is 0 Å². The van der Waals surface area contributed by atoms with Crippen molar-refractivity contribution in [3.63, 3.8) is 0 Å². The summed E-state index contributed by atoms with van der Waals surface area (Å²) in [7, 11) is 0. The van der Waals surface area contributed by atoms with Gasteiger partial charge >= 0.3 is 0 Å². The van der Waals surface area contributed by atoms with Gasteiger partial charge in [0.2, 0.25) is 11.7 Å². The second-order valence-corrected chi connectivity index (χ2v) is 10.0. The second-order valence-electron chi connectivity index (χ2n) is 8.81. The molecule has 1 aliphatic rings. The zero-order chi connectivity index (χ0) is 23.9. The van der Waals surface area contributed by atoms with Crippen molar-refractivity contribution in [2.45, 2.75) is 50.7 Å². The van der Waals surface area contributed by atoms with Crippen molar-refractivity contribution in [2.75, 3.05) is 11.1 Å². The molecule has 0 spiro atoms. The Bertz CT molecular complexity index is 1440. The Morgan fingerprint density at radius 3 is 2.59 bits per heavy atom. The lowest BCUT2D eigenvalue weighted by atomic mass is 9.69. The predicted octanol–water partition coefficient (Wildman–Crippen LogP) is 4.53. The number of hydrogen-bond donors (Lipinski definition) is 1. The molecule has 2 aromatic carbocycles. The lowest BCUT2D eigenvalue weighted by molar-refractivity contribution is -0.116. The van der Waals surface area contributed by atoms with Crippen LogP contribution in [0, 0.1) is 0 Å². The fourth-order valence-corrected chi connectivity index (χ4v) is 5.40. The summed E-state index contributed by atoms with van der Waals surface area (Å²) in [6, 6.07) is 17.4. The van der Waals surface area contributed by atoms with Gasteiger partial charge in [-0.1, -0.05) is 75.0 Å². The number of hydrogen-bond acceptors (Lipinski definition) is 5. The quantitative estimate of drug-likeness (QED) is 0.416. The van der Waals surface area contributed by atoms with Crippen LogP contribution in [-0.2, 0) is 23.2 Å². The van der Waals surface area contributed by atoms with E-state index in [9.17, 15) is 9.59 Å². The van der Waals surface area contributed by atoms with Gasteiger partial charge in [0.1, 0.15) is 6.54 Å². The molecule has 0 radical (unpaired) electrons. The Hall–Kier alpha value is -3.39. The molecule has 0 saturated heterocycles. The summed E-state index contributed by atoms with van der Waals surface area (Å²) < 4.78 is 3.13. The first-order valence-electron chi connectivity index (χ1n) is 11.5. The number of fused-ring (bicyclic) bond motifs is 4. The first-order chi connectivity index (χ1) is 16.4. The lowest BCUT2D eigenvalue weighted by Crippen LogP contribution is -2.38. The highest BCUT2D eigenvalue weighted by Crippen LogP contribution is 2.42. The number of para-hydroxylation sites is 1. The highest BCUT2D eigenvalue weighted by Gasteiger charge is 2.38. The molecular formula is C26H27N5O2S. The van der Waals surface area contributed by atoms with Gasteiger partial charge in [-0.2, -0.15) is 0 Å². The number of carbonyl (C=O) groups is 1. The van der Waals surface area contributed by atoms with Crippen LogP contribution in [0.15, 0.2) is 64.5 Å². The third-order valence-electron chi connectivity index (χ3n) is 6.56. The Kier molecular flexibility index (Phi) is 5.77. The molecule has 4 aromatic rings. The highest BCUT2D eigenvalue weighted by molar-refractivity contribution is 7.99. The van der Waals surface area contributed by atoms with Gasteiger partial charge in [0.05, 0.1) is 11.3 Å². The van der Waals surface area contributed by atoms with E-state index in [-0.39, 0.29) is 23.4 Å². The Labute approximate surface area is 202 Å². The van der Waals surface area contributed by atoms with Gasteiger partial charge in [0.25, 0.3) is 5.56 Å². The second kappa shape index (κ2) is 8.76. The maximum atomic E-state index is 14.0. The van der Waals surface area contributed by atoms with Crippen LogP contribution in [0.3, 0.4) is 0 Å². The molecule has 0 fully saturated rings. The third-order valence-corrected chi connectivity index (χ3v) is 7.37. The molecule has 1 N–H and O–H groups in total. The largest absolute Gasteiger partial charge is 0.324 e. The average molecular weight is 474 g/mol. The minimum Gasteiger partial charge on any atom is -0.324 e. The van der Waals surface area contributed by atoms with Crippen LogP contribution in [-0.4, -0.2) is 30.8 Å². The van der Waals surface area contributed by atoms with E-state index >= 15 is 0 Å². The SMILES string of the molecule is CCSc1nn(CC(=O)Nc2ccccc2)c2nc3c(c(=O)n12)[C@](C)(CC)Cc1ccccc1-3. The molecule has 7 nitrogen and oxygen atoms in total. The monoisotopic (exact) mass is 473 g/mol. The number of nitrogens with zero attached hydrogens (tertiary/aromatic N) is 4. The smallest absolute Gasteiger partial charge is 0.265 e. The van der Waals surface area contributed by atoms with Crippen molar-refractivity contribution >= 4 is 29.1 Å². The van der Waals surface area contributed by atoms with E-state index in [4.69, 9.17) is 4.98 Å². The minimum absolute atomic E-state index is 0.0411. The summed E-state index contributed by atoms with van der Waals surface area (Å²) >= 11 is 1.47. The molecular weight excluding hydrogens is 446 g/mol. The van der Waals surface area contributed by atoms with E-state index in [0.717, 1.165) is 29.7 Å². The van der Waals surface area contributed by atoms with Gasteiger partial charge in [-0.3, -0.25) is 9.59 Å². The Balaban J connectivity index is 1.69. The number of thioether (sulfide) groups is 1. The zero-order valence-corrected chi connectivity index (χ0v) is 20.4. The van der Waals surface area contributed by atoms with Crippen LogP contribution >= 0.6 is 11.8 Å². The molecule has 174 valence electrons. The number of aromatic nitrogens is 4. The molecule has 1 aliphatic carbocycles. The summed E-state index contributed by atoms with van der Waals surface area (Å²) in [6.45, 7) is 6.23. The molecule has 0 bridgehead atoms. The molecule has 1 amide bonds. The fourth-order valence-electron chi connectivity index (χ4n) is 4.69. The summed E-state index contributed by atoms with van der Waals surface area (Å²) in [5.41, 5.74) is 3.90. The minimum atomic E-state index is -0.324. The Morgan fingerprint density at radius 2 is 1.85 bits per heavy atom. The van der Waals surface area contributed by atoms with Gasteiger partial charge < -0.3 is 5.32 Å². The van der Waals surface area contributed by atoms with Crippen molar-refractivity contribution in [1.82, 2.24) is 19.2 Å². The fraction of sp³-hybridized carbons (Fsp3) is 0.308. The topological polar surface area (TPSA) is 81.3 Å². The van der Waals surface area contributed by atoms with E-state index in [1.807, 2.05) is 55.5 Å². The third kappa shape index (κ3) is 3.72. The summed E-state index contributed by atoms with van der Waals surface area (Å²) in [4.78, 5) is 31.8. The van der Waals surface area contributed by atoms with Crippen LogP contribution in [0.2, 0.25) is 0 Å². The summed E-state index contributed by atoms with van der Waals surface area (Å²) in [5, 5.41) is 8.09. The number of carbonyl (C=O) groups excluding carboxylic acids is 1. The molecule has 0 aliphatic heterocycles. The van der Waals surface area contributed by atoms with Gasteiger partial charge in [0, 0.05) is 16.7 Å². The molecule has 8 heteroatoms. The average Bonchev–Trinajstić information content (AvgIpc) is 3.17. The first-order valence-corrected chi connectivity index (χ1v) is 12.5. The van der Waals surface area contributed by atoms with E-state index in [1.165, 1.54) is 17.3 Å². The first kappa shape index (κ1) is 22.4. The lowest BCUT2D eigenvalue weighted by Gasteiger charge is -2.35. The van der Waals surface area contributed by atoms with Gasteiger partial charge in [-0.25, -0.2) is 14.1 Å². The van der Waals surface area contributed by atoms with Crippen LogP contribution in [0.25, 0.3) is 17.0 Å². The maximum absolute atomic E-state index is 14.0. The maximum Gasteiger partial charge on any atom is 0.265 e. The van der Waals surface area contributed by atoms with E-state index < -0.39 is 0 Å². The van der Waals surface area contributed by atoms with Gasteiger partial charge in [-0.15, -0.1) is 5.10 Å². The normalized spacial score (nSPS) is 16.8. The molecule has 34 heavy (non-hydrogen) atoms. The predicted molar refractivity (Wildman–Crippen MR) is 135 cm³/mol. The number of nitrogens with one attached hydrogen (secondary N) is 1. The van der Waals surface area contributed by atoms with Gasteiger partial charge in [0.15, 0.2) is 5.16 Å². The highest BCUT2D eigenvalue weighted by atomic mass is 32.2. The van der Waals surface area contributed by atoms with E-state index in [2.05, 4.69) is 30.3 Å². The van der Waals surface area contributed by atoms with Gasteiger partial charge in [-0.05, 0) is 36.3 Å². The van der Waals surface area contributed by atoms with Crippen molar-refractivity contribution in [3.8, 4) is 11.3 Å². The zero-order valence-electron chi connectivity index (χ0n) is 19.5. The van der Waals surface area contributed by atoms with Crippen LogP contribution in [0.1, 0.15) is 38.3 Å².